The van der Waals surface area contributed by atoms with Crippen LogP contribution in [-0.2, 0) is 9.78 Å². The molecule has 0 saturated carbocycles. The summed E-state index contributed by atoms with van der Waals surface area (Å²) in [5, 5.41) is 8.42. The molecule has 1 aromatic carbocycles. The van der Waals surface area contributed by atoms with E-state index in [0.717, 1.165) is 18.4 Å². The first-order chi connectivity index (χ1) is 8.24. The molecule has 0 fully saturated rings. The highest BCUT2D eigenvalue weighted by Crippen LogP contribution is 2.23. The van der Waals surface area contributed by atoms with Crippen molar-refractivity contribution < 1.29 is 19.7 Å². The number of allylic oxidation sites excluding steroid dienone is 1. The molecule has 92 valence electrons. The van der Waals surface area contributed by atoms with Gasteiger partial charge in [-0.05, 0) is 24.8 Å². The van der Waals surface area contributed by atoms with Crippen LogP contribution in [0.5, 0.6) is 0 Å². The Balaban J connectivity index is 2.58. The molecular formula is C13H16O4. The third-order valence-electron chi connectivity index (χ3n) is 2.28. The first-order valence-electron chi connectivity index (χ1n) is 5.46. The van der Waals surface area contributed by atoms with E-state index >= 15 is 0 Å². The second-order valence-corrected chi connectivity index (χ2v) is 3.56. The Morgan fingerprint density at radius 1 is 1.41 bits per heavy atom. The van der Waals surface area contributed by atoms with Crippen LogP contribution < -0.4 is 0 Å². The minimum Gasteiger partial charge on any atom is -0.448 e. The third kappa shape index (κ3) is 5.17. The molecule has 17 heavy (non-hydrogen) atoms. The van der Waals surface area contributed by atoms with Gasteiger partial charge in [-0.3, -0.25) is 4.89 Å². The maximum Gasteiger partial charge on any atom is 0.537 e. The number of benzene rings is 1. The normalized spacial score (nSPS) is 11.8. The van der Waals surface area contributed by atoms with Crippen molar-refractivity contribution in [2.75, 3.05) is 0 Å². The van der Waals surface area contributed by atoms with Gasteiger partial charge in [0.1, 0.15) is 6.10 Å². The predicted molar refractivity (Wildman–Crippen MR) is 63.4 cm³/mol. The zero-order valence-corrected chi connectivity index (χ0v) is 9.54. The molecule has 1 atom stereocenters. The van der Waals surface area contributed by atoms with E-state index in [2.05, 4.69) is 11.5 Å². The third-order valence-corrected chi connectivity index (χ3v) is 2.28. The maximum atomic E-state index is 10.3. The van der Waals surface area contributed by atoms with Gasteiger partial charge in [0.05, 0.1) is 0 Å². The van der Waals surface area contributed by atoms with E-state index in [1.54, 1.807) is 0 Å². The van der Waals surface area contributed by atoms with Crippen molar-refractivity contribution in [2.24, 2.45) is 0 Å². The van der Waals surface area contributed by atoms with Gasteiger partial charge in [0.15, 0.2) is 0 Å². The molecule has 0 heterocycles. The fraction of sp³-hybridized carbons (Fsp3) is 0.308. The van der Waals surface area contributed by atoms with Crippen molar-refractivity contribution in [3.63, 3.8) is 0 Å². The summed E-state index contributed by atoms with van der Waals surface area (Å²) in [7, 11) is 0. The van der Waals surface area contributed by atoms with E-state index in [9.17, 15) is 4.79 Å². The van der Waals surface area contributed by atoms with Crippen molar-refractivity contribution in [1.29, 1.82) is 0 Å². The van der Waals surface area contributed by atoms with Gasteiger partial charge in [-0.25, -0.2) is 4.79 Å². The van der Waals surface area contributed by atoms with Crippen LogP contribution in [0.1, 0.15) is 30.9 Å². The fourth-order valence-electron chi connectivity index (χ4n) is 1.48. The van der Waals surface area contributed by atoms with Crippen molar-refractivity contribution in [3.8, 4) is 0 Å². The standard InChI is InChI=1S/C13H16O4/c1-2-3-5-10-12(16-17-13(14)15)11-8-6-4-7-9-11/h2,4,6-9,12H,1,3,5,10H2,(H,14,15). The van der Waals surface area contributed by atoms with E-state index in [4.69, 9.17) is 9.99 Å². The Kier molecular flexibility index (Phi) is 5.82. The van der Waals surface area contributed by atoms with Gasteiger partial charge in [0, 0.05) is 0 Å². The minimum atomic E-state index is -1.44. The second kappa shape index (κ2) is 7.46. The average Bonchev–Trinajstić information content (AvgIpc) is 2.34. The largest absolute Gasteiger partial charge is 0.537 e. The van der Waals surface area contributed by atoms with Gasteiger partial charge in [-0.1, -0.05) is 36.4 Å². The molecule has 0 radical (unpaired) electrons. The molecular weight excluding hydrogens is 220 g/mol. The van der Waals surface area contributed by atoms with E-state index in [1.807, 2.05) is 36.4 Å². The Labute approximate surface area is 100 Å². The summed E-state index contributed by atoms with van der Waals surface area (Å²) in [6, 6.07) is 9.40. The quantitative estimate of drug-likeness (QED) is 0.339. The molecule has 1 aromatic rings. The molecule has 4 heteroatoms. The van der Waals surface area contributed by atoms with Crippen LogP contribution in [0, 0.1) is 0 Å². The Hall–Kier alpha value is -1.81. The first kappa shape index (κ1) is 13.3. The van der Waals surface area contributed by atoms with Crippen molar-refractivity contribution in [3.05, 3.63) is 48.6 Å². The number of carboxylic acid groups (broad SMARTS) is 1. The molecule has 1 N–H and O–H groups in total. The van der Waals surface area contributed by atoms with Crippen LogP contribution in [-0.4, -0.2) is 11.3 Å². The van der Waals surface area contributed by atoms with E-state index in [-0.39, 0.29) is 6.10 Å². The summed E-state index contributed by atoms with van der Waals surface area (Å²) in [4.78, 5) is 19.4. The maximum absolute atomic E-state index is 10.3. The molecule has 0 aromatic heterocycles. The van der Waals surface area contributed by atoms with Gasteiger partial charge in [0.2, 0.25) is 0 Å². The smallest absolute Gasteiger partial charge is 0.448 e. The number of hydrogen-bond acceptors (Lipinski definition) is 3. The SMILES string of the molecule is C=CCCCC(OOC(=O)O)c1ccccc1. The summed E-state index contributed by atoms with van der Waals surface area (Å²) < 4.78 is 0. The van der Waals surface area contributed by atoms with Gasteiger partial charge in [-0.2, -0.15) is 4.89 Å². The molecule has 0 bridgehead atoms. The van der Waals surface area contributed by atoms with Crippen LogP contribution in [0.2, 0.25) is 0 Å². The topological polar surface area (TPSA) is 55.8 Å². The highest BCUT2D eigenvalue weighted by Gasteiger charge is 2.14. The second-order valence-electron chi connectivity index (χ2n) is 3.56. The highest BCUT2D eigenvalue weighted by molar-refractivity contribution is 5.55. The van der Waals surface area contributed by atoms with Gasteiger partial charge in [0.25, 0.3) is 0 Å². The van der Waals surface area contributed by atoms with Crippen LogP contribution in [0.4, 0.5) is 4.79 Å². The summed E-state index contributed by atoms with van der Waals surface area (Å²) in [5.41, 5.74) is 0.901. The van der Waals surface area contributed by atoms with Crippen molar-refractivity contribution in [2.45, 2.75) is 25.4 Å². The summed E-state index contributed by atoms with van der Waals surface area (Å²) in [6.45, 7) is 3.64. The minimum absolute atomic E-state index is 0.368. The molecule has 1 rings (SSSR count). The lowest BCUT2D eigenvalue weighted by molar-refractivity contribution is -0.287. The van der Waals surface area contributed by atoms with Crippen LogP contribution in [0.3, 0.4) is 0 Å². The van der Waals surface area contributed by atoms with Crippen LogP contribution in [0.15, 0.2) is 43.0 Å². The van der Waals surface area contributed by atoms with E-state index in [0.29, 0.717) is 6.42 Å². The molecule has 0 spiro atoms. The summed E-state index contributed by atoms with van der Waals surface area (Å²) in [6.07, 6.45) is 2.43. The van der Waals surface area contributed by atoms with E-state index < -0.39 is 6.16 Å². The summed E-state index contributed by atoms with van der Waals surface area (Å²) >= 11 is 0. The van der Waals surface area contributed by atoms with Crippen molar-refractivity contribution in [1.82, 2.24) is 0 Å². The van der Waals surface area contributed by atoms with Gasteiger partial charge in [-0.15, -0.1) is 6.58 Å². The zero-order chi connectivity index (χ0) is 12.5. The molecule has 0 aliphatic carbocycles. The Morgan fingerprint density at radius 2 is 2.12 bits per heavy atom. The molecule has 4 nitrogen and oxygen atoms in total. The van der Waals surface area contributed by atoms with Crippen LogP contribution in [0.25, 0.3) is 0 Å². The van der Waals surface area contributed by atoms with Crippen LogP contribution >= 0.6 is 0 Å². The summed E-state index contributed by atoms with van der Waals surface area (Å²) in [5.74, 6) is 0. The Morgan fingerprint density at radius 3 is 2.71 bits per heavy atom. The lowest BCUT2D eigenvalue weighted by atomic mass is 10.0. The highest BCUT2D eigenvalue weighted by atomic mass is 17.2. The number of unbranched alkanes of at least 4 members (excludes halogenated alkanes) is 1. The molecule has 0 aliphatic heterocycles. The molecule has 0 saturated heterocycles. The van der Waals surface area contributed by atoms with E-state index in [1.165, 1.54) is 0 Å². The molecule has 0 amide bonds. The fourth-order valence-corrected chi connectivity index (χ4v) is 1.48. The zero-order valence-electron chi connectivity index (χ0n) is 9.54. The Bertz CT molecular complexity index is 348. The molecule has 1 unspecified atom stereocenters. The van der Waals surface area contributed by atoms with Gasteiger partial charge >= 0.3 is 6.16 Å². The number of carbonyl (C=O) groups is 1. The molecule has 0 aliphatic rings. The number of hydrogen-bond donors (Lipinski definition) is 1. The monoisotopic (exact) mass is 236 g/mol. The van der Waals surface area contributed by atoms with Gasteiger partial charge < -0.3 is 5.11 Å². The number of rotatable bonds is 7. The van der Waals surface area contributed by atoms with Crippen molar-refractivity contribution >= 4 is 6.16 Å². The average molecular weight is 236 g/mol. The first-order valence-corrected chi connectivity index (χ1v) is 5.46. The predicted octanol–water partition coefficient (Wildman–Crippen LogP) is 3.71. The lowest BCUT2D eigenvalue weighted by Crippen LogP contribution is -2.08. The lowest BCUT2D eigenvalue weighted by Gasteiger charge is -2.14.